The molecule has 2 aromatic rings. The van der Waals surface area contributed by atoms with Crippen molar-refractivity contribution in [1.29, 1.82) is 0 Å². The summed E-state index contributed by atoms with van der Waals surface area (Å²) in [4.78, 5) is 13.9. The first-order valence-corrected chi connectivity index (χ1v) is 6.85. The zero-order valence-corrected chi connectivity index (χ0v) is 11.5. The molecule has 0 fully saturated rings. The summed E-state index contributed by atoms with van der Waals surface area (Å²) in [5, 5.41) is 0. The van der Waals surface area contributed by atoms with Crippen LogP contribution in [0.2, 0.25) is 0 Å². The van der Waals surface area contributed by atoms with Crippen molar-refractivity contribution in [2.75, 3.05) is 6.54 Å². The van der Waals surface area contributed by atoms with Gasteiger partial charge in [0.2, 0.25) is 0 Å². The Bertz CT molecular complexity index is 725. The topological polar surface area (TPSA) is 20.3 Å². The molecule has 0 saturated carbocycles. The lowest BCUT2D eigenvalue weighted by molar-refractivity contribution is -0.125. The molecule has 0 bridgehead atoms. The van der Waals surface area contributed by atoms with Crippen molar-refractivity contribution in [3.8, 4) is 11.8 Å². The highest BCUT2D eigenvalue weighted by molar-refractivity contribution is 5.94. The minimum Gasteiger partial charge on any atom is -0.327 e. The van der Waals surface area contributed by atoms with Gasteiger partial charge in [0.1, 0.15) is 5.82 Å². The Hall–Kier alpha value is -2.60. The first-order valence-electron chi connectivity index (χ1n) is 6.85. The molecule has 2 nitrogen and oxygen atoms in total. The largest absolute Gasteiger partial charge is 0.327 e. The third-order valence-electron chi connectivity index (χ3n) is 3.58. The van der Waals surface area contributed by atoms with Crippen LogP contribution in [0.4, 0.5) is 4.39 Å². The average molecular weight is 279 g/mol. The maximum absolute atomic E-state index is 12.8. The molecule has 0 saturated heterocycles. The van der Waals surface area contributed by atoms with E-state index in [-0.39, 0.29) is 11.7 Å². The molecule has 0 atom stereocenters. The van der Waals surface area contributed by atoms with Gasteiger partial charge in [-0.25, -0.2) is 4.39 Å². The summed E-state index contributed by atoms with van der Waals surface area (Å²) in [7, 11) is 0. The Morgan fingerprint density at radius 2 is 1.76 bits per heavy atom. The minimum atomic E-state index is -0.306. The van der Waals surface area contributed by atoms with Crippen LogP contribution in [0.15, 0.2) is 48.5 Å². The van der Waals surface area contributed by atoms with E-state index in [1.807, 2.05) is 18.2 Å². The molecule has 1 amide bonds. The van der Waals surface area contributed by atoms with Crippen LogP contribution in [0.3, 0.4) is 0 Å². The molecule has 2 aromatic carbocycles. The number of nitrogens with zero attached hydrogens (tertiary/aromatic N) is 1. The van der Waals surface area contributed by atoms with Crippen molar-refractivity contribution < 1.29 is 9.18 Å². The lowest BCUT2D eigenvalue weighted by atomic mass is 10.00. The molecular weight excluding hydrogens is 265 g/mol. The molecule has 1 heterocycles. The fourth-order valence-corrected chi connectivity index (χ4v) is 2.41. The van der Waals surface area contributed by atoms with Gasteiger partial charge in [0.05, 0.1) is 0 Å². The van der Waals surface area contributed by atoms with E-state index in [9.17, 15) is 9.18 Å². The van der Waals surface area contributed by atoms with Gasteiger partial charge in [-0.15, -0.1) is 0 Å². The quantitative estimate of drug-likeness (QED) is 0.679. The van der Waals surface area contributed by atoms with Crippen molar-refractivity contribution >= 4 is 5.91 Å². The molecule has 0 aliphatic carbocycles. The SMILES string of the molecule is O=C(C#Cc1ccc(F)cc1)N1CCc2ccccc2C1. The van der Waals surface area contributed by atoms with E-state index in [0.29, 0.717) is 18.7 Å². The summed E-state index contributed by atoms with van der Waals surface area (Å²) in [5.74, 6) is 4.93. The summed E-state index contributed by atoms with van der Waals surface area (Å²) in [6, 6.07) is 14.0. The van der Waals surface area contributed by atoms with Crippen LogP contribution >= 0.6 is 0 Å². The Labute approximate surface area is 123 Å². The van der Waals surface area contributed by atoms with Crippen LogP contribution in [0, 0.1) is 17.7 Å². The predicted molar refractivity (Wildman–Crippen MR) is 78.8 cm³/mol. The average Bonchev–Trinajstić information content (AvgIpc) is 2.53. The summed E-state index contributed by atoms with van der Waals surface area (Å²) in [6.45, 7) is 1.29. The molecular formula is C18H14FNO. The van der Waals surface area contributed by atoms with E-state index in [4.69, 9.17) is 0 Å². The standard InChI is InChI=1S/C18H14FNO/c19-17-8-5-14(6-9-17)7-10-18(21)20-12-11-15-3-1-2-4-16(15)13-20/h1-6,8-9H,11-13H2. The Morgan fingerprint density at radius 3 is 2.52 bits per heavy atom. The van der Waals surface area contributed by atoms with E-state index in [0.717, 1.165) is 6.42 Å². The number of carbonyl (C=O) groups is 1. The van der Waals surface area contributed by atoms with Crippen LogP contribution < -0.4 is 0 Å². The normalized spacial score (nSPS) is 13.1. The number of fused-ring (bicyclic) bond motifs is 1. The molecule has 0 radical (unpaired) electrons. The monoisotopic (exact) mass is 279 g/mol. The number of carbonyl (C=O) groups excluding carboxylic acids is 1. The van der Waals surface area contributed by atoms with E-state index >= 15 is 0 Å². The second-order valence-electron chi connectivity index (χ2n) is 5.00. The Morgan fingerprint density at radius 1 is 1.05 bits per heavy atom. The van der Waals surface area contributed by atoms with E-state index in [2.05, 4.69) is 17.9 Å². The number of benzene rings is 2. The van der Waals surface area contributed by atoms with Gasteiger partial charge in [-0.2, -0.15) is 0 Å². The third kappa shape index (κ3) is 3.11. The van der Waals surface area contributed by atoms with Gasteiger partial charge in [0, 0.05) is 24.6 Å². The second kappa shape index (κ2) is 5.80. The van der Waals surface area contributed by atoms with Gasteiger partial charge in [-0.05, 0) is 41.8 Å². The Kier molecular flexibility index (Phi) is 3.70. The van der Waals surface area contributed by atoms with Gasteiger partial charge in [-0.3, -0.25) is 4.79 Å². The number of amides is 1. The van der Waals surface area contributed by atoms with Crippen LogP contribution in [-0.2, 0) is 17.8 Å². The Balaban J connectivity index is 1.71. The van der Waals surface area contributed by atoms with Gasteiger partial charge in [0.25, 0.3) is 5.91 Å². The van der Waals surface area contributed by atoms with Crippen molar-refractivity contribution in [1.82, 2.24) is 4.90 Å². The molecule has 21 heavy (non-hydrogen) atoms. The number of hydrogen-bond acceptors (Lipinski definition) is 1. The van der Waals surface area contributed by atoms with Gasteiger partial charge >= 0.3 is 0 Å². The van der Waals surface area contributed by atoms with Gasteiger partial charge in [-0.1, -0.05) is 30.2 Å². The highest BCUT2D eigenvalue weighted by Crippen LogP contribution is 2.18. The van der Waals surface area contributed by atoms with Crippen molar-refractivity contribution in [3.63, 3.8) is 0 Å². The molecule has 1 aliphatic rings. The molecule has 0 unspecified atom stereocenters. The lowest BCUT2D eigenvalue weighted by Crippen LogP contribution is -2.35. The van der Waals surface area contributed by atoms with Gasteiger partial charge < -0.3 is 4.90 Å². The maximum Gasteiger partial charge on any atom is 0.299 e. The highest BCUT2D eigenvalue weighted by atomic mass is 19.1. The number of rotatable bonds is 0. The van der Waals surface area contributed by atoms with Crippen LogP contribution in [0.5, 0.6) is 0 Å². The summed E-state index contributed by atoms with van der Waals surface area (Å²) in [5.41, 5.74) is 3.12. The molecule has 104 valence electrons. The molecule has 3 heteroatoms. The summed E-state index contributed by atoms with van der Waals surface area (Å²) in [6.07, 6.45) is 0.861. The second-order valence-corrected chi connectivity index (χ2v) is 5.00. The molecule has 0 spiro atoms. The molecule has 0 aromatic heterocycles. The van der Waals surface area contributed by atoms with E-state index in [1.54, 1.807) is 17.0 Å². The fourth-order valence-electron chi connectivity index (χ4n) is 2.41. The number of hydrogen-bond donors (Lipinski definition) is 0. The van der Waals surface area contributed by atoms with E-state index in [1.165, 1.54) is 23.3 Å². The van der Waals surface area contributed by atoms with Crippen LogP contribution in [0.1, 0.15) is 16.7 Å². The minimum absolute atomic E-state index is 0.186. The lowest BCUT2D eigenvalue weighted by Gasteiger charge is -2.27. The zero-order chi connectivity index (χ0) is 14.7. The molecule has 1 aliphatic heterocycles. The molecule has 0 N–H and O–H groups in total. The van der Waals surface area contributed by atoms with Crippen LogP contribution in [-0.4, -0.2) is 17.4 Å². The summed E-state index contributed by atoms with van der Waals surface area (Å²) >= 11 is 0. The highest BCUT2D eigenvalue weighted by Gasteiger charge is 2.18. The zero-order valence-electron chi connectivity index (χ0n) is 11.5. The smallest absolute Gasteiger partial charge is 0.299 e. The van der Waals surface area contributed by atoms with Crippen LogP contribution in [0.25, 0.3) is 0 Å². The predicted octanol–water partition coefficient (Wildman–Crippen LogP) is 2.76. The third-order valence-corrected chi connectivity index (χ3v) is 3.58. The van der Waals surface area contributed by atoms with Crippen molar-refractivity contribution in [2.45, 2.75) is 13.0 Å². The van der Waals surface area contributed by atoms with Crippen molar-refractivity contribution in [2.24, 2.45) is 0 Å². The molecule has 3 rings (SSSR count). The first kappa shape index (κ1) is 13.4. The summed E-state index contributed by atoms with van der Waals surface area (Å²) < 4.78 is 12.8. The maximum atomic E-state index is 12.8. The first-order chi connectivity index (χ1) is 10.2. The van der Waals surface area contributed by atoms with Crippen molar-refractivity contribution in [3.05, 3.63) is 71.0 Å². The fraction of sp³-hybridized carbons (Fsp3) is 0.167. The number of halogens is 1. The van der Waals surface area contributed by atoms with E-state index < -0.39 is 0 Å². The van der Waals surface area contributed by atoms with Gasteiger partial charge in [0.15, 0.2) is 0 Å².